The third-order valence-electron chi connectivity index (χ3n) is 3.06. The van der Waals surface area contributed by atoms with E-state index >= 15 is 0 Å². The van der Waals surface area contributed by atoms with Crippen molar-refractivity contribution in [3.8, 4) is 0 Å². The molecule has 2 nitrogen and oxygen atoms in total. The second-order valence-electron chi connectivity index (χ2n) is 4.36. The molecule has 0 atom stereocenters. The molecule has 0 bridgehead atoms. The molecule has 1 aromatic heterocycles. The first-order valence-corrected chi connectivity index (χ1v) is 6.19. The van der Waals surface area contributed by atoms with Crippen molar-refractivity contribution in [3.63, 3.8) is 0 Å². The van der Waals surface area contributed by atoms with E-state index < -0.39 is 0 Å². The Labute approximate surface area is 111 Å². The summed E-state index contributed by atoms with van der Waals surface area (Å²) >= 11 is 6.00. The highest BCUT2D eigenvalue weighted by Crippen LogP contribution is 2.23. The van der Waals surface area contributed by atoms with Crippen molar-refractivity contribution in [2.45, 2.75) is 6.54 Å². The molecule has 0 radical (unpaired) electrons. The molecule has 0 unspecified atom stereocenters. The molecule has 90 valence electrons. The monoisotopic (exact) mass is 256 g/mol. The molecule has 0 aliphatic rings. The Morgan fingerprint density at radius 3 is 2.72 bits per heavy atom. The van der Waals surface area contributed by atoms with Crippen LogP contribution in [-0.4, -0.2) is 4.57 Å². The molecule has 3 heteroatoms. The molecule has 0 saturated heterocycles. The van der Waals surface area contributed by atoms with Gasteiger partial charge in [-0.1, -0.05) is 35.9 Å². The van der Waals surface area contributed by atoms with Crippen LogP contribution in [0.2, 0.25) is 5.02 Å². The van der Waals surface area contributed by atoms with E-state index in [9.17, 15) is 0 Å². The van der Waals surface area contributed by atoms with E-state index in [1.54, 1.807) is 0 Å². The molecule has 0 saturated carbocycles. The van der Waals surface area contributed by atoms with Crippen LogP contribution in [0.5, 0.6) is 0 Å². The summed E-state index contributed by atoms with van der Waals surface area (Å²) in [6, 6.07) is 15.9. The van der Waals surface area contributed by atoms with Gasteiger partial charge in [-0.15, -0.1) is 0 Å². The minimum absolute atomic E-state index is 0.761. The van der Waals surface area contributed by atoms with E-state index in [-0.39, 0.29) is 0 Å². The van der Waals surface area contributed by atoms with Crippen LogP contribution >= 0.6 is 11.6 Å². The molecule has 3 aromatic rings. The van der Waals surface area contributed by atoms with Crippen LogP contribution in [-0.2, 0) is 6.54 Å². The Balaban J connectivity index is 2.05. The normalized spacial score (nSPS) is 10.9. The second-order valence-corrected chi connectivity index (χ2v) is 4.80. The maximum absolute atomic E-state index is 6.04. The summed E-state index contributed by atoms with van der Waals surface area (Å²) in [5.41, 5.74) is 9.09. The molecular weight excluding hydrogens is 244 g/mol. The predicted octanol–water partition coefficient (Wildman–Crippen LogP) is 3.93. The first kappa shape index (κ1) is 11.2. The summed E-state index contributed by atoms with van der Waals surface area (Å²) in [5.74, 6) is 0. The Hall–Kier alpha value is -1.93. The summed E-state index contributed by atoms with van der Waals surface area (Å²) in [7, 11) is 0. The second kappa shape index (κ2) is 4.39. The van der Waals surface area contributed by atoms with E-state index in [2.05, 4.69) is 29.0 Å². The lowest BCUT2D eigenvalue weighted by molar-refractivity contribution is 0.838. The number of rotatable bonds is 2. The van der Waals surface area contributed by atoms with Gasteiger partial charge in [0.2, 0.25) is 0 Å². The van der Waals surface area contributed by atoms with E-state index in [1.807, 2.05) is 30.3 Å². The van der Waals surface area contributed by atoms with Gasteiger partial charge in [-0.05, 0) is 29.8 Å². The van der Waals surface area contributed by atoms with Gasteiger partial charge >= 0.3 is 0 Å². The van der Waals surface area contributed by atoms with Crippen LogP contribution in [0.15, 0.2) is 54.7 Å². The molecule has 0 aliphatic heterocycles. The third-order valence-corrected chi connectivity index (χ3v) is 3.30. The van der Waals surface area contributed by atoms with Crippen molar-refractivity contribution in [2.24, 2.45) is 0 Å². The molecule has 0 fully saturated rings. The smallest absolute Gasteiger partial charge is 0.0716 e. The largest absolute Gasteiger partial charge is 0.397 e. The van der Waals surface area contributed by atoms with Crippen molar-refractivity contribution in [1.82, 2.24) is 4.57 Å². The number of hydrogen-bond donors (Lipinski definition) is 1. The number of nitrogens with zero attached hydrogens (tertiary/aromatic N) is 1. The van der Waals surface area contributed by atoms with Crippen LogP contribution in [0.1, 0.15) is 5.56 Å². The number of fused-ring (bicyclic) bond motifs is 1. The van der Waals surface area contributed by atoms with E-state index in [4.69, 9.17) is 17.3 Å². The summed E-state index contributed by atoms with van der Waals surface area (Å²) in [6.45, 7) is 0.776. The van der Waals surface area contributed by atoms with Gasteiger partial charge in [-0.25, -0.2) is 0 Å². The number of halogens is 1. The van der Waals surface area contributed by atoms with Gasteiger partial charge in [-0.2, -0.15) is 0 Å². The van der Waals surface area contributed by atoms with Crippen molar-refractivity contribution >= 4 is 28.2 Å². The predicted molar refractivity (Wildman–Crippen MR) is 76.9 cm³/mol. The average Bonchev–Trinajstić information content (AvgIpc) is 2.74. The van der Waals surface area contributed by atoms with Crippen molar-refractivity contribution < 1.29 is 0 Å². The zero-order valence-corrected chi connectivity index (χ0v) is 10.6. The number of nitrogen functional groups attached to an aromatic ring is 1. The van der Waals surface area contributed by atoms with Crippen molar-refractivity contribution in [3.05, 3.63) is 65.3 Å². The lowest BCUT2D eigenvalue weighted by atomic mass is 10.2. The van der Waals surface area contributed by atoms with Gasteiger partial charge in [0, 0.05) is 23.2 Å². The highest BCUT2D eigenvalue weighted by molar-refractivity contribution is 6.30. The van der Waals surface area contributed by atoms with Gasteiger partial charge in [0.1, 0.15) is 0 Å². The number of benzene rings is 2. The highest BCUT2D eigenvalue weighted by Gasteiger charge is 2.04. The number of hydrogen-bond acceptors (Lipinski definition) is 1. The van der Waals surface area contributed by atoms with E-state index in [0.29, 0.717) is 0 Å². The molecular formula is C15H13ClN2. The molecule has 2 N–H and O–H groups in total. The fourth-order valence-corrected chi connectivity index (χ4v) is 2.47. The summed E-state index contributed by atoms with van der Waals surface area (Å²) < 4.78 is 2.15. The minimum Gasteiger partial charge on any atom is -0.397 e. The van der Waals surface area contributed by atoms with Crippen molar-refractivity contribution in [1.29, 1.82) is 0 Å². The number of aromatic nitrogens is 1. The molecule has 3 rings (SSSR count). The van der Waals surface area contributed by atoms with E-state index in [0.717, 1.165) is 28.2 Å². The van der Waals surface area contributed by atoms with Gasteiger partial charge in [0.25, 0.3) is 0 Å². The molecule has 0 aliphatic carbocycles. The molecule has 0 amide bonds. The fraction of sp³-hybridized carbons (Fsp3) is 0.0667. The zero-order chi connectivity index (χ0) is 12.5. The Bertz CT molecular complexity index is 701. The first-order chi connectivity index (χ1) is 8.74. The fourth-order valence-electron chi connectivity index (χ4n) is 2.25. The van der Waals surface area contributed by atoms with Gasteiger partial charge in [-0.3, -0.25) is 0 Å². The van der Waals surface area contributed by atoms with Gasteiger partial charge in [0.15, 0.2) is 0 Å². The Morgan fingerprint density at radius 2 is 1.89 bits per heavy atom. The number of para-hydroxylation sites is 1. The van der Waals surface area contributed by atoms with Crippen LogP contribution in [0, 0.1) is 0 Å². The molecule has 0 spiro atoms. The SMILES string of the molecule is Nc1cccc2ccn(Cc3cccc(Cl)c3)c12. The third kappa shape index (κ3) is 1.95. The maximum Gasteiger partial charge on any atom is 0.0716 e. The standard InChI is InChI=1S/C15H13ClN2/c16-13-5-1-3-11(9-13)10-18-8-7-12-4-2-6-14(17)15(12)18/h1-9H,10,17H2. The number of nitrogens with two attached hydrogens (primary N) is 1. The summed E-state index contributed by atoms with van der Waals surface area (Å²) in [5, 5.41) is 1.92. The Morgan fingerprint density at radius 1 is 1.06 bits per heavy atom. The first-order valence-electron chi connectivity index (χ1n) is 5.82. The van der Waals surface area contributed by atoms with Crippen LogP contribution < -0.4 is 5.73 Å². The van der Waals surface area contributed by atoms with E-state index in [1.165, 1.54) is 5.56 Å². The topological polar surface area (TPSA) is 30.9 Å². The van der Waals surface area contributed by atoms with Crippen LogP contribution in [0.4, 0.5) is 5.69 Å². The van der Waals surface area contributed by atoms with Gasteiger partial charge in [0.05, 0.1) is 11.2 Å². The number of anilines is 1. The quantitative estimate of drug-likeness (QED) is 0.692. The summed E-state index contributed by atoms with van der Waals surface area (Å²) in [6.07, 6.45) is 2.06. The van der Waals surface area contributed by atoms with Crippen LogP contribution in [0.3, 0.4) is 0 Å². The molecule has 18 heavy (non-hydrogen) atoms. The molecule has 1 heterocycles. The average molecular weight is 257 g/mol. The highest BCUT2D eigenvalue weighted by atomic mass is 35.5. The van der Waals surface area contributed by atoms with Crippen molar-refractivity contribution in [2.75, 3.05) is 5.73 Å². The lowest BCUT2D eigenvalue weighted by Gasteiger charge is -2.08. The Kier molecular flexibility index (Phi) is 2.73. The maximum atomic E-state index is 6.04. The minimum atomic E-state index is 0.761. The molecule has 2 aromatic carbocycles. The summed E-state index contributed by atoms with van der Waals surface area (Å²) in [4.78, 5) is 0. The van der Waals surface area contributed by atoms with Crippen LogP contribution in [0.25, 0.3) is 10.9 Å². The zero-order valence-electron chi connectivity index (χ0n) is 9.81. The lowest BCUT2D eigenvalue weighted by Crippen LogP contribution is -2.00. The van der Waals surface area contributed by atoms with Gasteiger partial charge < -0.3 is 10.3 Å².